The number of benzene rings is 1. The van der Waals surface area contributed by atoms with Crippen LogP contribution in [0.25, 0.3) is 0 Å². The molecule has 2 atom stereocenters. The van der Waals surface area contributed by atoms with Gasteiger partial charge in [-0.3, -0.25) is 0 Å². The van der Waals surface area contributed by atoms with Crippen LogP contribution >= 0.6 is 0 Å². The normalized spacial score (nSPS) is 25.4. The number of hydrogen-bond acceptors (Lipinski definition) is 3. The van der Waals surface area contributed by atoms with Crippen LogP contribution in [0.5, 0.6) is 5.75 Å². The minimum atomic E-state index is -2.79. The fourth-order valence-electron chi connectivity index (χ4n) is 2.62. The van der Waals surface area contributed by atoms with E-state index in [-0.39, 0.29) is 11.8 Å². The summed E-state index contributed by atoms with van der Waals surface area (Å²) in [6, 6.07) is 6.91. The molecule has 0 aromatic heterocycles. The highest BCUT2D eigenvalue weighted by molar-refractivity contribution is 5.78. The molecule has 0 amide bonds. The lowest BCUT2D eigenvalue weighted by Crippen LogP contribution is -2.45. The highest BCUT2D eigenvalue weighted by Gasteiger charge is 2.39. The summed E-state index contributed by atoms with van der Waals surface area (Å²) in [5, 5.41) is 0. The van der Waals surface area contributed by atoms with Crippen LogP contribution < -0.4 is 10.5 Å². The Morgan fingerprint density at radius 2 is 1.95 bits per heavy atom. The lowest BCUT2D eigenvalue weighted by molar-refractivity contribution is -0.0498. The van der Waals surface area contributed by atoms with Crippen molar-refractivity contribution in [2.45, 2.75) is 25.0 Å². The van der Waals surface area contributed by atoms with Crippen LogP contribution in [0.3, 0.4) is 0 Å². The van der Waals surface area contributed by atoms with Gasteiger partial charge in [0.1, 0.15) is 5.75 Å². The standard InChI is InChI=1S/C15H19F2N3O2/c16-14(17)22-11-3-1-10(2-4-11)12-9-13(12)19-15(18)20-5-7-21-8-6-20/h1-4,12-14H,5-9H2,(H2,18,19)/t12-,13+/m0/s1. The average Bonchev–Trinajstić information content (AvgIpc) is 3.27. The van der Waals surface area contributed by atoms with Crippen LogP contribution in [0, 0.1) is 0 Å². The Morgan fingerprint density at radius 3 is 2.59 bits per heavy atom. The zero-order chi connectivity index (χ0) is 15.5. The molecule has 1 aliphatic heterocycles. The van der Waals surface area contributed by atoms with Crippen LogP contribution in [-0.4, -0.2) is 49.8 Å². The Morgan fingerprint density at radius 1 is 1.27 bits per heavy atom. The molecule has 5 nitrogen and oxygen atoms in total. The van der Waals surface area contributed by atoms with Gasteiger partial charge in [0, 0.05) is 19.0 Å². The highest BCUT2D eigenvalue weighted by Crippen LogP contribution is 2.43. The van der Waals surface area contributed by atoms with Gasteiger partial charge in [-0.05, 0) is 24.1 Å². The zero-order valence-corrected chi connectivity index (χ0v) is 12.1. The van der Waals surface area contributed by atoms with Gasteiger partial charge in [-0.15, -0.1) is 0 Å². The first kappa shape index (κ1) is 15.0. The van der Waals surface area contributed by atoms with E-state index in [1.54, 1.807) is 12.1 Å². The van der Waals surface area contributed by atoms with Crippen LogP contribution in [-0.2, 0) is 4.74 Å². The lowest BCUT2D eigenvalue weighted by atomic mass is 10.1. The van der Waals surface area contributed by atoms with E-state index in [2.05, 4.69) is 9.73 Å². The number of guanidine groups is 1. The Balaban J connectivity index is 1.57. The quantitative estimate of drug-likeness (QED) is 0.680. The number of nitrogens with zero attached hydrogens (tertiary/aromatic N) is 2. The van der Waals surface area contributed by atoms with Gasteiger partial charge >= 0.3 is 6.61 Å². The molecule has 7 heteroatoms. The van der Waals surface area contributed by atoms with Gasteiger partial charge in [0.05, 0.1) is 19.3 Å². The summed E-state index contributed by atoms with van der Waals surface area (Å²) in [6.07, 6.45) is 0.931. The maximum atomic E-state index is 12.1. The molecule has 2 fully saturated rings. The molecule has 2 N–H and O–H groups in total. The third-order valence-electron chi connectivity index (χ3n) is 3.92. The van der Waals surface area contributed by atoms with E-state index in [1.807, 2.05) is 17.0 Å². The average molecular weight is 311 g/mol. The van der Waals surface area contributed by atoms with Gasteiger partial charge in [-0.1, -0.05) is 12.1 Å². The Bertz CT molecular complexity index is 530. The van der Waals surface area contributed by atoms with Crippen molar-refractivity contribution in [2.75, 3.05) is 26.3 Å². The number of hydrogen-bond donors (Lipinski definition) is 1. The second-order valence-corrected chi connectivity index (χ2v) is 5.44. The van der Waals surface area contributed by atoms with Crippen molar-refractivity contribution in [1.82, 2.24) is 4.90 Å². The minimum absolute atomic E-state index is 0.171. The molecule has 2 aliphatic rings. The first-order chi connectivity index (χ1) is 10.6. The van der Waals surface area contributed by atoms with Crippen LogP contribution in [0.15, 0.2) is 29.3 Å². The van der Waals surface area contributed by atoms with Crippen molar-refractivity contribution in [1.29, 1.82) is 0 Å². The van der Waals surface area contributed by atoms with Crippen LogP contribution in [0.1, 0.15) is 17.9 Å². The monoisotopic (exact) mass is 311 g/mol. The Kier molecular flexibility index (Phi) is 4.42. The number of alkyl halides is 2. The minimum Gasteiger partial charge on any atom is -0.435 e. The first-order valence-electron chi connectivity index (χ1n) is 7.34. The zero-order valence-electron chi connectivity index (χ0n) is 12.1. The summed E-state index contributed by atoms with van der Waals surface area (Å²) >= 11 is 0. The van der Waals surface area contributed by atoms with E-state index in [9.17, 15) is 8.78 Å². The fraction of sp³-hybridized carbons (Fsp3) is 0.533. The smallest absolute Gasteiger partial charge is 0.387 e. The molecule has 1 saturated carbocycles. The van der Waals surface area contributed by atoms with Crippen molar-refractivity contribution < 1.29 is 18.3 Å². The predicted octanol–water partition coefficient (Wildman–Crippen LogP) is 1.79. The molecule has 1 aromatic rings. The fourth-order valence-corrected chi connectivity index (χ4v) is 2.62. The lowest BCUT2D eigenvalue weighted by Gasteiger charge is -2.27. The van der Waals surface area contributed by atoms with E-state index in [0.717, 1.165) is 25.1 Å². The first-order valence-corrected chi connectivity index (χ1v) is 7.34. The van der Waals surface area contributed by atoms with Crippen molar-refractivity contribution in [2.24, 2.45) is 10.7 Å². The van der Waals surface area contributed by atoms with Crippen LogP contribution in [0.4, 0.5) is 8.78 Å². The summed E-state index contributed by atoms with van der Waals surface area (Å²) in [4.78, 5) is 6.58. The van der Waals surface area contributed by atoms with Crippen molar-refractivity contribution in [3.05, 3.63) is 29.8 Å². The van der Waals surface area contributed by atoms with E-state index in [4.69, 9.17) is 10.5 Å². The molecule has 0 radical (unpaired) electrons. The van der Waals surface area contributed by atoms with Gasteiger partial charge in [-0.2, -0.15) is 8.78 Å². The maximum Gasteiger partial charge on any atom is 0.387 e. The van der Waals surface area contributed by atoms with Gasteiger partial charge in [-0.25, -0.2) is 4.99 Å². The second kappa shape index (κ2) is 6.48. The summed E-state index contributed by atoms with van der Waals surface area (Å²) in [5.74, 6) is 1.04. The molecular formula is C15H19F2N3O2. The van der Waals surface area contributed by atoms with E-state index in [0.29, 0.717) is 25.1 Å². The number of aliphatic imine (C=N–C) groups is 1. The highest BCUT2D eigenvalue weighted by atomic mass is 19.3. The summed E-state index contributed by atoms with van der Waals surface area (Å²) in [5.41, 5.74) is 7.10. The van der Waals surface area contributed by atoms with E-state index in [1.165, 1.54) is 0 Å². The van der Waals surface area contributed by atoms with Gasteiger partial charge in [0.25, 0.3) is 0 Å². The molecule has 0 spiro atoms. The largest absolute Gasteiger partial charge is 0.435 e. The molecule has 120 valence electrons. The SMILES string of the molecule is NC(=N[C@@H]1C[C@H]1c1ccc(OC(F)F)cc1)N1CCOCC1. The molecule has 1 heterocycles. The summed E-state index contributed by atoms with van der Waals surface area (Å²) < 4.78 is 33.8. The maximum absolute atomic E-state index is 12.1. The number of nitrogens with two attached hydrogens (primary N) is 1. The second-order valence-electron chi connectivity index (χ2n) is 5.44. The molecule has 3 rings (SSSR count). The molecule has 0 unspecified atom stereocenters. The molecule has 1 aromatic carbocycles. The van der Waals surface area contributed by atoms with Crippen molar-refractivity contribution in [3.8, 4) is 5.75 Å². The summed E-state index contributed by atoms with van der Waals surface area (Å²) in [7, 11) is 0. The van der Waals surface area contributed by atoms with Crippen molar-refractivity contribution >= 4 is 5.96 Å². The predicted molar refractivity (Wildman–Crippen MR) is 78.2 cm³/mol. The Labute approximate surface area is 127 Å². The van der Waals surface area contributed by atoms with E-state index >= 15 is 0 Å². The number of morpholine rings is 1. The summed E-state index contributed by atoms with van der Waals surface area (Å²) in [6.45, 7) is 0.0994. The number of ether oxygens (including phenoxy) is 2. The molecular weight excluding hydrogens is 292 g/mol. The molecule has 0 bridgehead atoms. The Hall–Kier alpha value is -1.89. The van der Waals surface area contributed by atoms with Gasteiger partial charge in [0.15, 0.2) is 5.96 Å². The topological polar surface area (TPSA) is 60.1 Å². The number of rotatable bonds is 4. The van der Waals surface area contributed by atoms with E-state index < -0.39 is 6.61 Å². The van der Waals surface area contributed by atoms with Gasteiger partial charge < -0.3 is 20.1 Å². The molecule has 1 aliphatic carbocycles. The number of halogens is 2. The molecule has 1 saturated heterocycles. The van der Waals surface area contributed by atoms with Crippen molar-refractivity contribution in [3.63, 3.8) is 0 Å². The third kappa shape index (κ3) is 3.65. The molecule has 22 heavy (non-hydrogen) atoms. The third-order valence-corrected chi connectivity index (χ3v) is 3.92. The van der Waals surface area contributed by atoms with Crippen LogP contribution in [0.2, 0.25) is 0 Å². The van der Waals surface area contributed by atoms with Gasteiger partial charge in [0.2, 0.25) is 0 Å².